The standard InChI is InChI=1S/C21H20FN3O3S/c1-14-6-11-18(29(27,28)25-17-9-7-16(22)8-10-17)13-19(14)21(26)24-15(2)20-5-3-4-12-23-20/h3-13,15,25H,1-2H3,(H,24,26). The predicted molar refractivity (Wildman–Crippen MR) is 109 cm³/mol. The number of sulfonamides is 1. The molecule has 0 spiro atoms. The molecule has 0 saturated carbocycles. The summed E-state index contributed by atoms with van der Waals surface area (Å²) >= 11 is 0. The van der Waals surface area contributed by atoms with Crippen molar-refractivity contribution in [3.8, 4) is 0 Å². The molecule has 0 bridgehead atoms. The smallest absolute Gasteiger partial charge is 0.261 e. The molecule has 2 N–H and O–H groups in total. The number of halogens is 1. The molecular weight excluding hydrogens is 393 g/mol. The fourth-order valence-corrected chi connectivity index (χ4v) is 3.81. The molecule has 0 radical (unpaired) electrons. The molecule has 3 rings (SSSR count). The number of nitrogens with one attached hydrogen (secondary N) is 2. The van der Waals surface area contributed by atoms with E-state index in [1.165, 1.54) is 24.3 Å². The molecule has 29 heavy (non-hydrogen) atoms. The minimum absolute atomic E-state index is 0.0666. The topological polar surface area (TPSA) is 88.2 Å². The van der Waals surface area contributed by atoms with E-state index in [0.29, 0.717) is 11.3 Å². The van der Waals surface area contributed by atoms with Crippen molar-refractivity contribution in [2.24, 2.45) is 0 Å². The van der Waals surface area contributed by atoms with Crippen LogP contribution in [0.5, 0.6) is 0 Å². The van der Waals surface area contributed by atoms with Crippen LogP contribution in [-0.4, -0.2) is 19.3 Å². The molecule has 1 aromatic heterocycles. The van der Waals surface area contributed by atoms with Gasteiger partial charge in [0.15, 0.2) is 0 Å². The van der Waals surface area contributed by atoms with Gasteiger partial charge in [-0.05, 0) is 67.9 Å². The Hall–Kier alpha value is -3.26. The van der Waals surface area contributed by atoms with Crippen LogP contribution in [-0.2, 0) is 10.0 Å². The molecule has 2 aromatic carbocycles. The van der Waals surface area contributed by atoms with E-state index in [1.54, 1.807) is 38.2 Å². The Morgan fingerprint density at radius 1 is 1.07 bits per heavy atom. The number of aromatic nitrogens is 1. The Morgan fingerprint density at radius 2 is 1.79 bits per heavy atom. The van der Waals surface area contributed by atoms with Crippen LogP contribution in [0.3, 0.4) is 0 Å². The maximum absolute atomic E-state index is 13.0. The van der Waals surface area contributed by atoms with Gasteiger partial charge in [0.05, 0.1) is 16.6 Å². The lowest BCUT2D eigenvalue weighted by Crippen LogP contribution is -2.28. The second-order valence-electron chi connectivity index (χ2n) is 6.54. The van der Waals surface area contributed by atoms with Gasteiger partial charge in [-0.25, -0.2) is 12.8 Å². The maximum Gasteiger partial charge on any atom is 0.261 e. The average Bonchev–Trinajstić information content (AvgIpc) is 2.70. The lowest BCUT2D eigenvalue weighted by atomic mass is 10.1. The van der Waals surface area contributed by atoms with Crippen molar-refractivity contribution in [1.82, 2.24) is 10.3 Å². The number of benzene rings is 2. The molecule has 1 atom stereocenters. The van der Waals surface area contributed by atoms with E-state index >= 15 is 0 Å². The first-order valence-electron chi connectivity index (χ1n) is 8.87. The lowest BCUT2D eigenvalue weighted by Gasteiger charge is -2.15. The quantitative estimate of drug-likeness (QED) is 0.643. The average molecular weight is 413 g/mol. The first kappa shape index (κ1) is 20.5. The molecule has 0 aliphatic rings. The Labute approximate surface area is 168 Å². The normalized spacial score (nSPS) is 12.2. The monoisotopic (exact) mass is 413 g/mol. The summed E-state index contributed by atoms with van der Waals surface area (Å²) in [6.07, 6.45) is 1.64. The number of carbonyl (C=O) groups excluding carboxylic acids is 1. The van der Waals surface area contributed by atoms with Gasteiger partial charge in [-0.15, -0.1) is 0 Å². The van der Waals surface area contributed by atoms with Gasteiger partial charge in [0.1, 0.15) is 5.82 Å². The van der Waals surface area contributed by atoms with E-state index in [2.05, 4.69) is 15.0 Å². The highest BCUT2D eigenvalue weighted by Gasteiger charge is 2.20. The van der Waals surface area contributed by atoms with E-state index < -0.39 is 21.7 Å². The van der Waals surface area contributed by atoms with Crippen molar-refractivity contribution in [3.63, 3.8) is 0 Å². The van der Waals surface area contributed by atoms with Gasteiger partial charge in [-0.3, -0.25) is 14.5 Å². The lowest BCUT2D eigenvalue weighted by molar-refractivity contribution is 0.0938. The number of pyridine rings is 1. The molecule has 1 heterocycles. The van der Waals surface area contributed by atoms with Crippen LogP contribution in [0.15, 0.2) is 71.8 Å². The number of nitrogens with zero attached hydrogens (tertiary/aromatic N) is 1. The molecule has 1 amide bonds. The van der Waals surface area contributed by atoms with Crippen molar-refractivity contribution in [1.29, 1.82) is 0 Å². The Kier molecular flexibility index (Phi) is 5.93. The minimum Gasteiger partial charge on any atom is -0.344 e. The van der Waals surface area contributed by atoms with Gasteiger partial charge in [0.25, 0.3) is 15.9 Å². The van der Waals surface area contributed by atoms with Crippen LogP contribution in [0.1, 0.15) is 34.6 Å². The third-order valence-electron chi connectivity index (χ3n) is 4.34. The maximum atomic E-state index is 13.0. The van der Waals surface area contributed by atoms with Crippen LogP contribution >= 0.6 is 0 Å². The van der Waals surface area contributed by atoms with Gasteiger partial charge in [0, 0.05) is 17.4 Å². The number of hydrogen-bond donors (Lipinski definition) is 2. The third-order valence-corrected chi connectivity index (χ3v) is 5.72. The third kappa shape index (κ3) is 4.97. The van der Waals surface area contributed by atoms with Crippen molar-refractivity contribution in [2.45, 2.75) is 24.8 Å². The number of hydrogen-bond acceptors (Lipinski definition) is 4. The summed E-state index contributed by atoms with van der Waals surface area (Å²) in [5.74, 6) is -0.872. The zero-order valence-electron chi connectivity index (χ0n) is 15.9. The van der Waals surface area contributed by atoms with Gasteiger partial charge in [-0.1, -0.05) is 12.1 Å². The highest BCUT2D eigenvalue weighted by atomic mass is 32.2. The Morgan fingerprint density at radius 3 is 2.45 bits per heavy atom. The van der Waals surface area contributed by atoms with Crippen LogP contribution in [0, 0.1) is 12.7 Å². The van der Waals surface area contributed by atoms with Gasteiger partial charge in [-0.2, -0.15) is 0 Å². The fraction of sp³-hybridized carbons (Fsp3) is 0.143. The number of aryl methyl sites for hydroxylation is 1. The summed E-state index contributed by atoms with van der Waals surface area (Å²) in [7, 11) is -3.94. The van der Waals surface area contributed by atoms with E-state index in [0.717, 1.165) is 12.1 Å². The van der Waals surface area contributed by atoms with E-state index in [1.807, 2.05) is 6.07 Å². The summed E-state index contributed by atoms with van der Waals surface area (Å²) in [6.45, 7) is 3.52. The summed E-state index contributed by atoms with van der Waals surface area (Å²) < 4.78 is 40.7. The van der Waals surface area contributed by atoms with Gasteiger partial charge >= 0.3 is 0 Å². The van der Waals surface area contributed by atoms with E-state index in [-0.39, 0.29) is 22.2 Å². The van der Waals surface area contributed by atoms with Crippen LogP contribution < -0.4 is 10.0 Å². The molecule has 150 valence electrons. The molecule has 6 nitrogen and oxygen atoms in total. The summed E-state index contributed by atoms with van der Waals surface area (Å²) in [5.41, 5.74) is 1.80. The molecule has 0 aliphatic heterocycles. The number of carbonyl (C=O) groups is 1. The number of rotatable bonds is 6. The van der Waals surface area contributed by atoms with Crippen LogP contribution in [0.25, 0.3) is 0 Å². The van der Waals surface area contributed by atoms with E-state index in [4.69, 9.17) is 0 Å². The van der Waals surface area contributed by atoms with Gasteiger partial charge < -0.3 is 5.32 Å². The molecule has 0 saturated heterocycles. The second kappa shape index (κ2) is 8.40. The molecule has 8 heteroatoms. The van der Waals surface area contributed by atoms with Crippen molar-refractivity contribution in [2.75, 3.05) is 4.72 Å². The number of amides is 1. The predicted octanol–water partition coefficient (Wildman–Crippen LogP) is 3.82. The summed E-state index contributed by atoms with van der Waals surface area (Å²) in [4.78, 5) is 16.9. The summed E-state index contributed by atoms with van der Waals surface area (Å²) in [5, 5.41) is 2.83. The Bertz CT molecular complexity index is 1120. The first-order chi connectivity index (χ1) is 13.8. The largest absolute Gasteiger partial charge is 0.344 e. The fourth-order valence-electron chi connectivity index (χ4n) is 2.73. The highest BCUT2D eigenvalue weighted by molar-refractivity contribution is 7.92. The second-order valence-corrected chi connectivity index (χ2v) is 8.22. The van der Waals surface area contributed by atoms with Crippen LogP contribution in [0.4, 0.5) is 10.1 Å². The molecule has 0 fully saturated rings. The van der Waals surface area contributed by atoms with Crippen molar-refractivity contribution < 1.29 is 17.6 Å². The van der Waals surface area contributed by atoms with Crippen molar-refractivity contribution >= 4 is 21.6 Å². The van der Waals surface area contributed by atoms with E-state index in [9.17, 15) is 17.6 Å². The molecule has 0 aliphatic carbocycles. The zero-order chi connectivity index (χ0) is 21.0. The Balaban J connectivity index is 1.83. The zero-order valence-corrected chi connectivity index (χ0v) is 16.7. The highest BCUT2D eigenvalue weighted by Crippen LogP contribution is 2.20. The van der Waals surface area contributed by atoms with Crippen LogP contribution in [0.2, 0.25) is 0 Å². The SMILES string of the molecule is Cc1ccc(S(=O)(=O)Nc2ccc(F)cc2)cc1C(=O)NC(C)c1ccccn1. The molecular formula is C21H20FN3O3S. The molecule has 3 aromatic rings. The number of anilines is 1. The first-order valence-corrected chi connectivity index (χ1v) is 10.4. The minimum atomic E-state index is -3.94. The van der Waals surface area contributed by atoms with Gasteiger partial charge in [0.2, 0.25) is 0 Å². The molecule has 1 unspecified atom stereocenters. The van der Waals surface area contributed by atoms with Crippen molar-refractivity contribution in [3.05, 3.63) is 89.5 Å². The summed E-state index contributed by atoms with van der Waals surface area (Å²) in [6, 6.07) is 14.3.